The zero-order valence-corrected chi connectivity index (χ0v) is 16.3. The average molecular weight is 392 g/mol. The Labute approximate surface area is 170 Å². The van der Waals surface area contributed by atoms with Crippen molar-refractivity contribution < 1.29 is 13.6 Å². The maximum Gasteiger partial charge on any atom is 0.223 e. The fraction of sp³-hybridized carbons (Fsp3) is 0.292. The molecule has 2 aromatic carbocycles. The Morgan fingerprint density at radius 3 is 2.48 bits per heavy atom. The summed E-state index contributed by atoms with van der Waals surface area (Å²) in [6.45, 7) is 1.53. The molecule has 0 aliphatic carbocycles. The van der Waals surface area contributed by atoms with Crippen LogP contribution in [0.4, 0.5) is 10.1 Å². The third kappa shape index (κ3) is 4.86. The van der Waals surface area contributed by atoms with Gasteiger partial charge in [0.2, 0.25) is 5.91 Å². The summed E-state index contributed by atoms with van der Waals surface area (Å²) in [4.78, 5) is 14.5. The van der Waals surface area contributed by atoms with Gasteiger partial charge in [-0.2, -0.15) is 0 Å². The molecule has 150 valence electrons. The van der Waals surface area contributed by atoms with Crippen LogP contribution in [0.15, 0.2) is 71.1 Å². The number of anilines is 1. The van der Waals surface area contributed by atoms with Crippen LogP contribution in [-0.4, -0.2) is 29.9 Å². The summed E-state index contributed by atoms with van der Waals surface area (Å²) >= 11 is 0. The number of hydrogen-bond acceptors (Lipinski definition) is 3. The normalized spacial score (nSPS) is 14.7. The summed E-state index contributed by atoms with van der Waals surface area (Å²) in [5.41, 5.74) is 1.57. The van der Waals surface area contributed by atoms with E-state index in [1.54, 1.807) is 24.3 Å². The van der Waals surface area contributed by atoms with Gasteiger partial charge in [-0.3, -0.25) is 4.79 Å². The van der Waals surface area contributed by atoms with E-state index in [1.807, 2.05) is 29.2 Å². The molecule has 1 amide bonds. The highest BCUT2D eigenvalue weighted by Crippen LogP contribution is 2.25. The molecule has 0 unspecified atom stereocenters. The number of piperidine rings is 1. The molecule has 29 heavy (non-hydrogen) atoms. The SMILES string of the molecule is O=C(CCc1ccc(-c2ccccc2F)o1)N1CCC(Nc2ccccc2)CC1. The van der Waals surface area contributed by atoms with Gasteiger partial charge in [0, 0.05) is 37.7 Å². The Kier molecular flexibility index (Phi) is 5.94. The van der Waals surface area contributed by atoms with Gasteiger partial charge in [0.05, 0.1) is 5.56 Å². The highest BCUT2D eigenvalue weighted by molar-refractivity contribution is 5.76. The van der Waals surface area contributed by atoms with E-state index in [1.165, 1.54) is 6.07 Å². The number of carbonyl (C=O) groups excluding carboxylic acids is 1. The van der Waals surface area contributed by atoms with Crippen molar-refractivity contribution in [2.24, 2.45) is 0 Å². The first kappa shape index (κ1) is 19.2. The fourth-order valence-corrected chi connectivity index (χ4v) is 3.75. The summed E-state index contributed by atoms with van der Waals surface area (Å²) in [7, 11) is 0. The van der Waals surface area contributed by atoms with Crippen molar-refractivity contribution in [1.29, 1.82) is 0 Å². The summed E-state index contributed by atoms with van der Waals surface area (Å²) in [6, 6.07) is 20.7. The van der Waals surface area contributed by atoms with Crippen LogP contribution >= 0.6 is 0 Å². The second-order valence-electron chi connectivity index (χ2n) is 7.41. The minimum absolute atomic E-state index is 0.145. The van der Waals surface area contributed by atoms with Crippen LogP contribution in [0.5, 0.6) is 0 Å². The van der Waals surface area contributed by atoms with Crippen LogP contribution < -0.4 is 5.32 Å². The second-order valence-corrected chi connectivity index (χ2v) is 7.41. The number of furan rings is 1. The van der Waals surface area contributed by atoms with E-state index in [0.29, 0.717) is 36.0 Å². The molecule has 0 atom stereocenters. The van der Waals surface area contributed by atoms with E-state index < -0.39 is 0 Å². The lowest BCUT2D eigenvalue weighted by atomic mass is 10.0. The summed E-state index contributed by atoms with van der Waals surface area (Å²) < 4.78 is 19.6. The first-order valence-corrected chi connectivity index (χ1v) is 10.1. The van der Waals surface area contributed by atoms with Crippen LogP contribution in [0.25, 0.3) is 11.3 Å². The Bertz CT molecular complexity index is 946. The van der Waals surface area contributed by atoms with Gasteiger partial charge in [-0.25, -0.2) is 4.39 Å². The average Bonchev–Trinajstić information content (AvgIpc) is 3.22. The lowest BCUT2D eigenvalue weighted by molar-refractivity contribution is -0.132. The van der Waals surface area contributed by atoms with E-state index in [4.69, 9.17) is 4.42 Å². The molecule has 5 heteroatoms. The maximum absolute atomic E-state index is 13.9. The van der Waals surface area contributed by atoms with Gasteiger partial charge in [-0.15, -0.1) is 0 Å². The Balaban J connectivity index is 1.25. The van der Waals surface area contributed by atoms with Crippen molar-refractivity contribution in [2.45, 2.75) is 31.7 Å². The fourth-order valence-electron chi connectivity index (χ4n) is 3.75. The van der Waals surface area contributed by atoms with Crippen molar-refractivity contribution in [3.63, 3.8) is 0 Å². The lowest BCUT2D eigenvalue weighted by Crippen LogP contribution is -2.42. The Morgan fingerprint density at radius 1 is 1.00 bits per heavy atom. The number of para-hydroxylation sites is 1. The van der Waals surface area contributed by atoms with Crippen LogP contribution in [0.3, 0.4) is 0 Å². The molecule has 0 saturated carbocycles. The topological polar surface area (TPSA) is 45.5 Å². The number of benzene rings is 2. The van der Waals surface area contributed by atoms with Crippen LogP contribution in [0, 0.1) is 5.82 Å². The van der Waals surface area contributed by atoms with E-state index >= 15 is 0 Å². The van der Waals surface area contributed by atoms with E-state index in [9.17, 15) is 9.18 Å². The third-order valence-corrected chi connectivity index (χ3v) is 5.38. The van der Waals surface area contributed by atoms with Crippen LogP contribution in [0.1, 0.15) is 25.0 Å². The highest BCUT2D eigenvalue weighted by Gasteiger charge is 2.22. The molecule has 4 rings (SSSR count). The summed E-state index contributed by atoms with van der Waals surface area (Å²) in [6.07, 6.45) is 2.81. The maximum atomic E-state index is 13.9. The number of amides is 1. The molecule has 1 aliphatic heterocycles. The van der Waals surface area contributed by atoms with Gasteiger partial charge >= 0.3 is 0 Å². The van der Waals surface area contributed by atoms with Gasteiger partial charge in [0.25, 0.3) is 0 Å². The Morgan fingerprint density at radius 2 is 1.72 bits per heavy atom. The van der Waals surface area contributed by atoms with E-state index in [-0.39, 0.29) is 11.7 Å². The highest BCUT2D eigenvalue weighted by atomic mass is 19.1. The van der Waals surface area contributed by atoms with Crippen LogP contribution in [0.2, 0.25) is 0 Å². The van der Waals surface area contributed by atoms with Gasteiger partial charge in [0.15, 0.2) is 0 Å². The van der Waals surface area contributed by atoms with E-state index in [2.05, 4.69) is 17.4 Å². The molecule has 0 bridgehead atoms. The van der Waals surface area contributed by atoms with Crippen molar-refractivity contribution in [1.82, 2.24) is 4.90 Å². The number of aryl methyl sites for hydroxylation is 1. The van der Waals surface area contributed by atoms with Gasteiger partial charge in [-0.1, -0.05) is 30.3 Å². The molecule has 1 fully saturated rings. The summed E-state index contributed by atoms with van der Waals surface area (Å²) in [5.74, 6) is 1.04. The van der Waals surface area contributed by atoms with Gasteiger partial charge in [0.1, 0.15) is 17.3 Å². The van der Waals surface area contributed by atoms with Crippen molar-refractivity contribution in [3.8, 4) is 11.3 Å². The smallest absolute Gasteiger partial charge is 0.223 e. The molecule has 1 aromatic heterocycles. The number of likely N-dealkylation sites (tertiary alicyclic amines) is 1. The number of nitrogens with zero attached hydrogens (tertiary/aromatic N) is 1. The van der Waals surface area contributed by atoms with Gasteiger partial charge in [-0.05, 0) is 49.2 Å². The standard InChI is InChI=1S/C24H25FN2O2/c25-22-9-5-4-8-21(22)23-12-10-20(29-23)11-13-24(28)27-16-14-19(15-17-27)26-18-6-2-1-3-7-18/h1-10,12,19,26H,11,13-17H2. The molecule has 1 saturated heterocycles. The number of nitrogens with one attached hydrogen (secondary N) is 1. The molecular formula is C24H25FN2O2. The van der Waals surface area contributed by atoms with Gasteiger partial charge < -0.3 is 14.6 Å². The second kappa shape index (κ2) is 8.95. The molecule has 4 nitrogen and oxygen atoms in total. The zero-order valence-electron chi connectivity index (χ0n) is 16.3. The molecule has 1 N–H and O–H groups in total. The monoisotopic (exact) mass is 392 g/mol. The van der Waals surface area contributed by atoms with Crippen LogP contribution in [-0.2, 0) is 11.2 Å². The number of hydrogen-bond donors (Lipinski definition) is 1. The lowest BCUT2D eigenvalue weighted by Gasteiger charge is -2.33. The largest absolute Gasteiger partial charge is 0.461 e. The molecule has 1 aliphatic rings. The van der Waals surface area contributed by atoms with E-state index in [0.717, 1.165) is 31.6 Å². The predicted molar refractivity (Wildman–Crippen MR) is 112 cm³/mol. The minimum Gasteiger partial charge on any atom is -0.461 e. The number of rotatable bonds is 6. The first-order valence-electron chi connectivity index (χ1n) is 10.1. The molecule has 2 heterocycles. The van der Waals surface area contributed by atoms with Crippen molar-refractivity contribution in [2.75, 3.05) is 18.4 Å². The molecular weight excluding hydrogens is 367 g/mol. The summed E-state index contributed by atoms with van der Waals surface area (Å²) in [5, 5.41) is 3.54. The van der Waals surface area contributed by atoms with Crippen molar-refractivity contribution in [3.05, 3.63) is 78.3 Å². The first-order chi connectivity index (χ1) is 14.2. The predicted octanol–water partition coefficient (Wildman–Crippen LogP) is 5.12. The molecule has 0 spiro atoms. The quantitative estimate of drug-likeness (QED) is 0.633. The third-order valence-electron chi connectivity index (χ3n) is 5.38. The number of carbonyl (C=O) groups is 1. The van der Waals surface area contributed by atoms with Crippen molar-refractivity contribution >= 4 is 11.6 Å². The molecule has 3 aromatic rings. The Hall–Kier alpha value is -3.08. The zero-order chi connectivity index (χ0) is 20.1. The number of halogens is 1. The molecule has 0 radical (unpaired) electrons. The minimum atomic E-state index is -0.309.